The average Bonchev–Trinajstić information content (AvgIpc) is 3.12. The fraction of sp³-hybridized carbons (Fsp3) is 0.200. The summed E-state index contributed by atoms with van der Waals surface area (Å²) in [4.78, 5) is 24.6. The smallest absolute Gasteiger partial charge is 0.375 e. The van der Waals surface area contributed by atoms with Crippen molar-refractivity contribution in [2.75, 3.05) is 18.5 Å². The van der Waals surface area contributed by atoms with E-state index in [1.165, 1.54) is 6.92 Å². The highest BCUT2D eigenvalue weighted by Crippen LogP contribution is 2.32. The highest BCUT2D eigenvalue weighted by molar-refractivity contribution is 5.98. The first-order valence-electron chi connectivity index (χ1n) is 8.50. The molecule has 7 nitrogen and oxygen atoms in total. The third kappa shape index (κ3) is 3.57. The summed E-state index contributed by atoms with van der Waals surface area (Å²) >= 11 is 0. The zero-order valence-electron chi connectivity index (χ0n) is 14.6. The predicted octanol–water partition coefficient (Wildman–Crippen LogP) is 3.39. The molecule has 3 aromatic rings. The summed E-state index contributed by atoms with van der Waals surface area (Å²) in [5.41, 5.74) is 1.11. The molecule has 0 unspecified atom stereocenters. The van der Waals surface area contributed by atoms with Crippen LogP contribution in [-0.4, -0.2) is 31.2 Å². The van der Waals surface area contributed by atoms with E-state index in [4.69, 9.17) is 18.6 Å². The van der Waals surface area contributed by atoms with Crippen LogP contribution in [0.4, 0.5) is 5.69 Å². The van der Waals surface area contributed by atoms with Gasteiger partial charge in [-0.2, -0.15) is 0 Å². The number of furan rings is 1. The Hall–Kier alpha value is -3.48. The monoisotopic (exact) mass is 367 g/mol. The number of ether oxygens (including phenoxy) is 3. The van der Waals surface area contributed by atoms with E-state index in [2.05, 4.69) is 5.32 Å². The maximum Gasteiger partial charge on any atom is 0.375 e. The van der Waals surface area contributed by atoms with Crippen LogP contribution < -0.4 is 14.8 Å². The number of nitrogens with one attached hydrogen (secondary N) is 1. The second-order valence-corrected chi connectivity index (χ2v) is 6.04. The van der Waals surface area contributed by atoms with Gasteiger partial charge in [0, 0.05) is 17.1 Å². The molecule has 0 bridgehead atoms. The van der Waals surface area contributed by atoms with E-state index in [-0.39, 0.29) is 5.76 Å². The average molecular weight is 367 g/mol. The van der Waals surface area contributed by atoms with Crippen molar-refractivity contribution in [3.05, 3.63) is 54.3 Å². The molecule has 0 spiro atoms. The second-order valence-electron chi connectivity index (χ2n) is 6.04. The van der Waals surface area contributed by atoms with Crippen molar-refractivity contribution in [1.82, 2.24) is 0 Å². The minimum atomic E-state index is -1.00. The first-order chi connectivity index (χ1) is 13.1. The standard InChI is InChI=1S/C20H17NO6/c1-12(26-20(23)18-10-13-4-2-3-5-15(13)27-18)19(22)21-14-6-7-16-17(11-14)25-9-8-24-16/h2-7,10-12H,8-9H2,1H3,(H,21,22)/t12-/m0/s1. The molecular formula is C20H17NO6. The number of amides is 1. The van der Waals surface area contributed by atoms with Crippen LogP contribution >= 0.6 is 0 Å². The fourth-order valence-electron chi connectivity index (χ4n) is 2.72. The Morgan fingerprint density at radius 3 is 2.63 bits per heavy atom. The molecule has 2 aromatic carbocycles. The van der Waals surface area contributed by atoms with Crippen molar-refractivity contribution in [3.63, 3.8) is 0 Å². The summed E-state index contributed by atoms with van der Waals surface area (Å²) in [5.74, 6) is 0.0805. The SMILES string of the molecule is C[C@H](OC(=O)c1cc2ccccc2o1)C(=O)Nc1ccc2c(c1)OCCO2. The Morgan fingerprint density at radius 1 is 1.04 bits per heavy atom. The molecule has 27 heavy (non-hydrogen) atoms. The molecule has 0 radical (unpaired) electrons. The third-order valence-electron chi connectivity index (χ3n) is 4.09. The summed E-state index contributed by atoms with van der Waals surface area (Å²) in [6, 6.07) is 13.9. The van der Waals surface area contributed by atoms with Gasteiger partial charge in [0.1, 0.15) is 18.8 Å². The minimum absolute atomic E-state index is 0.0511. The number of esters is 1. The van der Waals surface area contributed by atoms with Crippen LogP contribution in [0.1, 0.15) is 17.5 Å². The Balaban J connectivity index is 1.40. The van der Waals surface area contributed by atoms with E-state index in [0.29, 0.717) is 36.0 Å². The van der Waals surface area contributed by atoms with Crippen molar-refractivity contribution in [1.29, 1.82) is 0 Å². The molecule has 0 fully saturated rings. The molecule has 0 aliphatic carbocycles. The number of hydrogen-bond acceptors (Lipinski definition) is 6. The maximum atomic E-state index is 12.3. The van der Waals surface area contributed by atoms with E-state index in [9.17, 15) is 9.59 Å². The van der Waals surface area contributed by atoms with Crippen LogP contribution in [-0.2, 0) is 9.53 Å². The van der Waals surface area contributed by atoms with Crippen molar-refractivity contribution in [3.8, 4) is 11.5 Å². The van der Waals surface area contributed by atoms with Gasteiger partial charge < -0.3 is 23.9 Å². The van der Waals surface area contributed by atoms with Gasteiger partial charge in [0.2, 0.25) is 5.76 Å². The lowest BCUT2D eigenvalue weighted by molar-refractivity contribution is -0.123. The number of benzene rings is 2. The topological polar surface area (TPSA) is 87.0 Å². The Morgan fingerprint density at radius 2 is 1.81 bits per heavy atom. The summed E-state index contributed by atoms with van der Waals surface area (Å²) in [6.45, 7) is 2.44. The lowest BCUT2D eigenvalue weighted by Crippen LogP contribution is -2.30. The highest BCUT2D eigenvalue weighted by Gasteiger charge is 2.22. The van der Waals surface area contributed by atoms with Gasteiger partial charge in [-0.15, -0.1) is 0 Å². The number of rotatable bonds is 4. The number of carbonyl (C=O) groups excluding carboxylic acids is 2. The van der Waals surface area contributed by atoms with Gasteiger partial charge in [-0.1, -0.05) is 18.2 Å². The first-order valence-corrected chi connectivity index (χ1v) is 8.50. The summed E-state index contributed by atoms with van der Waals surface area (Å²) in [5, 5.41) is 3.48. The number of fused-ring (bicyclic) bond motifs is 2. The minimum Gasteiger partial charge on any atom is -0.486 e. The van der Waals surface area contributed by atoms with Crippen molar-refractivity contribution in [2.24, 2.45) is 0 Å². The van der Waals surface area contributed by atoms with Crippen molar-refractivity contribution in [2.45, 2.75) is 13.0 Å². The number of anilines is 1. The van der Waals surface area contributed by atoms with Crippen molar-refractivity contribution >= 4 is 28.5 Å². The van der Waals surface area contributed by atoms with E-state index in [1.807, 2.05) is 18.2 Å². The van der Waals surface area contributed by atoms with Crippen LogP contribution in [0.5, 0.6) is 11.5 Å². The van der Waals surface area contributed by atoms with Crippen molar-refractivity contribution < 1.29 is 28.2 Å². The van der Waals surface area contributed by atoms with Gasteiger partial charge in [-0.05, 0) is 31.2 Å². The van der Waals surface area contributed by atoms with Crippen LogP contribution in [0.25, 0.3) is 11.0 Å². The predicted molar refractivity (Wildman–Crippen MR) is 97.2 cm³/mol. The molecule has 7 heteroatoms. The Kier molecular flexibility index (Phi) is 4.42. The van der Waals surface area contributed by atoms with Gasteiger partial charge >= 0.3 is 5.97 Å². The fourth-order valence-corrected chi connectivity index (χ4v) is 2.72. The van der Waals surface area contributed by atoms with Crippen LogP contribution in [0.15, 0.2) is 52.9 Å². The molecule has 4 rings (SSSR count). The van der Waals surface area contributed by atoms with E-state index in [1.54, 1.807) is 30.3 Å². The maximum absolute atomic E-state index is 12.3. The molecule has 1 amide bonds. The molecule has 1 N–H and O–H groups in total. The molecule has 0 saturated carbocycles. The van der Waals surface area contributed by atoms with Gasteiger partial charge in [0.05, 0.1) is 0 Å². The van der Waals surface area contributed by atoms with E-state index in [0.717, 1.165) is 5.39 Å². The second kappa shape index (κ2) is 7.03. The zero-order valence-corrected chi connectivity index (χ0v) is 14.6. The molecule has 1 aliphatic rings. The van der Waals surface area contributed by atoms with Gasteiger partial charge in [-0.3, -0.25) is 4.79 Å². The van der Waals surface area contributed by atoms with Gasteiger partial charge in [-0.25, -0.2) is 4.79 Å². The Labute approximate surface area is 154 Å². The summed E-state index contributed by atoms with van der Waals surface area (Å²) < 4.78 is 21.6. The molecule has 1 aliphatic heterocycles. The third-order valence-corrected chi connectivity index (χ3v) is 4.09. The number of para-hydroxylation sites is 1. The molecule has 2 heterocycles. The lowest BCUT2D eigenvalue weighted by atomic mass is 10.2. The normalized spacial score (nSPS) is 13.8. The quantitative estimate of drug-likeness (QED) is 0.712. The van der Waals surface area contributed by atoms with Crippen LogP contribution in [0.3, 0.4) is 0 Å². The number of hydrogen-bond donors (Lipinski definition) is 1. The van der Waals surface area contributed by atoms with Gasteiger partial charge in [0.25, 0.3) is 5.91 Å². The Bertz CT molecular complexity index is 976. The summed E-state index contributed by atoms with van der Waals surface area (Å²) in [6.07, 6.45) is -1.00. The molecular weight excluding hydrogens is 350 g/mol. The molecule has 1 aromatic heterocycles. The van der Waals surface area contributed by atoms with Gasteiger partial charge in [0.15, 0.2) is 17.6 Å². The largest absolute Gasteiger partial charge is 0.486 e. The van der Waals surface area contributed by atoms with E-state index >= 15 is 0 Å². The van der Waals surface area contributed by atoms with Crippen LogP contribution in [0.2, 0.25) is 0 Å². The zero-order chi connectivity index (χ0) is 18.8. The molecule has 0 saturated heterocycles. The molecule has 1 atom stereocenters. The summed E-state index contributed by atoms with van der Waals surface area (Å²) in [7, 11) is 0. The van der Waals surface area contributed by atoms with Crippen LogP contribution in [0, 0.1) is 0 Å². The first kappa shape index (κ1) is 17.0. The number of carbonyl (C=O) groups is 2. The van der Waals surface area contributed by atoms with E-state index < -0.39 is 18.0 Å². The molecule has 138 valence electrons. The lowest BCUT2D eigenvalue weighted by Gasteiger charge is -2.19. The highest BCUT2D eigenvalue weighted by atomic mass is 16.6.